The SMILES string of the molecule is Cc1cccc2c1-c1ccccc1N(c1ccc(-c3cc(-c4ccc(N5c6ccccc6-c6cccc(C)c6-c6ccccc65)cc4)cc(-c4ccc(N5c6ccccc6-c6cccc(C)c6-c6ccccc65)cc4)c3)cc1)c1ccccc1-2. The molecule has 0 amide bonds. The van der Waals surface area contributed by atoms with Gasteiger partial charge < -0.3 is 14.7 Å². The molecule has 13 aromatic carbocycles. The van der Waals surface area contributed by atoms with Crippen molar-refractivity contribution < 1.29 is 0 Å². The van der Waals surface area contributed by atoms with Gasteiger partial charge in [0, 0.05) is 50.4 Å². The quantitative estimate of drug-likeness (QED) is 0.164. The smallest absolute Gasteiger partial charge is 0.0540 e. The first-order valence-electron chi connectivity index (χ1n) is 29.2. The molecule has 396 valence electrons. The van der Waals surface area contributed by atoms with Crippen molar-refractivity contribution in [2.45, 2.75) is 20.8 Å². The molecule has 0 aliphatic carbocycles. The Bertz CT molecular complexity index is 4270. The summed E-state index contributed by atoms with van der Waals surface area (Å²) < 4.78 is 0. The minimum Gasteiger partial charge on any atom is -0.309 e. The van der Waals surface area contributed by atoms with E-state index in [1.165, 1.54) is 101 Å². The van der Waals surface area contributed by atoms with Crippen molar-refractivity contribution in [3.8, 4) is 100 Å². The van der Waals surface area contributed by atoms with E-state index in [1.54, 1.807) is 0 Å². The zero-order chi connectivity index (χ0) is 56.0. The molecule has 13 aromatic rings. The van der Waals surface area contributed by atoms with E-state index in [9.17, 15) is 0 Å². The Hall–Kier alpha value is -10.7. The third kappa shape index (κ3) is 7.88. The number of aryl methyl sites for hydroxylation is 3. The van der Waals surface area contributed by atoms with Gasteiger partial charge in [-0.3, -0.25) is 0 Å². The lowest BCUT2D eigenvalue weighted by Crippen LogP contribution is -2.10. The van der Waals surface area contributed by atoms with Crippen LogP contribution >= 0.6 is 0 Å². The van der Waals surface area contributed by atoms with Gasteiger partial charge in [-0.15, -0.1) is 0 Å². The fraction of sp³-hybridized carbons (Fsp3) is 0.0370. The van der Waals surface area contributed by atoms with Gasteiger partial charge >= 0.3 is 0 Å². The molecule has 0 N–H and O–H groups in total. The Labute approximate surface area is 491 Å². The van der Waals surface area contributed by atoms with Crippen LogP contribution in [0.25, 0.3) is 100 Å². The lowest BCUT2D eigenvalue weighted by Gasteiger charge is -2.27. The Morgan fingerprint density at radius 2 is 0.393 bits per heavy atom. The molecule has 0 bridgehead atoms. The van der Waals surface area contributed by atoms with Crippen molar-refractivity contribution in [2.24, 2.45) is 0 Å². The first kappa shape index (κ1) is 49.1. The summed E-state index contributed by atoms with van der Waals surface area (Å²) in [7, 11) is 0. The van der Waals surface area contributed by atoms with Crippen LogP contribution in [0.3, 0.4) is 0 Å². The molecule has 16 rings (SSSR count). The summed E-state index contributed by atoms with van der Waals surface area (Å²) in [5.41, 5.74) is 36.0. The number of hydrogen-bond acceptors (Lipinski definition) is 3. The summed E-state index contributed by atoms with van der Waals surface area (Å²) in [6, 6.07) is 108. The number of nitrogens with zero attached hydrogens (tertiary/aromatic N) is 3. The Kier molecular flexibility index (Phi) is 11.6. The lowest BCUT2D eigenvalue weighted by molar-refractivity contribution is 1.29. The van der Waals surface area contributed by atoms with Gasteiger partial charge in [0.1, 0.15) is 0 Å². The molecule has 0 radical (unpaired) electrons. The third-order valence-electron chi connectivity index (χ3n) is 17.7. The second-order valence-corrected chi connectivity index (χ2v) is 22.5. The number of benzene rings is 13. The fourth-order valence-corrected chi connectivity index (χ4v) is 13.8. The third-order valence-corrected chi connectivity index (χ3v) is 17.7. The normalized spacial score (nSPS) is 12.4. The van der Waals surface area contributed by atoms with Gasteiger partial charge in [0.05, 0.1) is 34.1 Å². The van der Waals surface area contributed by atoms with Crippen LogP contribution in [0, 0.1) is 20.8 Å². The maximum absolute atomic E-state index is 2.45. The highest BCUT2D eigenvalue weighted by molar-refractivity contribution is 6.06. The maximum atomic E-state index is 2.45. The van der Waals surface area contributed by atoms with Gasteiger partial charge in [0.2, 0.25) is 0 Å². The van der Waals surface area contributed by atoms with E-state index in [4.69, 9.17) is 0 Å². The monoisotopic (exact) mass is 1070 g/mol. The lowest BCUT2D eigenvalue weighted by atomic mass is 9.91. The predicted molar refractivity (Wildman–Crippen MR) is 354 cm³/mol. The summed E-state index contributed by atoms with van der Waals surface area (Å²) in [6.07, 6.45) is 0. The second-order valence-electron chi connectivity index (χ2n) is 22.5. The number of fused-ring (bicyclic) bond motifs is 15. The molecule has 0 unspecified atom stereocenters. The van der Waals surface area contributed by atoms with Crippen molar-refractivity contribution in [2.75, 3.05) is 14.7 Å². The molecule has 3 heterocycles. The molecular weight excluding hydrogens is 1010 g/mol. The van der Waals surface area contributed by atoms with Crippen LogP contribution in [0.4, 0.5) is 51.2 Å². The van der Waals surface area contributed by atoms with Crippen molar-refractivity contribution in [1.82, 2.24) is 0 Å². The van der Waals surface area contributed by atoms with E-state index in [0.29, 0.717) is 0 Å². The van der Waals surface area contributed by atoms with Crippen LogP contribution < -0.4 is 14.7 Å². The van der Waals surface area contributed by atoms with Gasteiger partial charge in [0.15, 0.2) is 0 Å². The molecule has 84 heavy (non-hydrogen) atoms. The van der Waals surface area contributed by atoms with E-state index < -0.39 is 0 Å². The molecule has 3 aliphatic heterocycles. The van der Waals surface area contributed by atoms with E-state index in [2.05, 4.69) is 327 Å². The Morgan fingerprint density at radius 1 is 0.179 bits per heavy atom. The number of anilines is 9. The average molecular weight is 1070 g/mol. The van der Waals surface area contributed by atoms with Crippen molar-refractivity contribution in [3.05, 3.63) is 308 Å². The van der Waals surface area contributed by atoms with E-state index in [-0.39, 0.29) is 0 Å². The molecule has 0 saturated heterocycles. The van der Waals surface area contributed by atoms with Gasteiger partial charge in [0.25, 0.3) is 0 Å². The first-order valence-corrected chi connectivity index (χ1v) is 29.2. The number of rotatable bonds is 6. The highest BCUT2D eigenvalue weighted by Crippen LogP contribution is 2.55. The van der Waals surface area contributed by atoms with Crippen LogP contribution in [-0.4, -0.2) is 0 Å². The minimum absolute atomic E-state index is 1.11. The predicted octanol–water partition coefficient (Wildman–Crippen LogP) is 23.0. The van der Waals surface area contributed by atoms with Gasteiger partial charge in [-0.1, -0.05) is 200 Å². The molecule has 0 atom stereocenters. The standard InChI is InChI=1S/C81H57N3/c1-52-19-16-28-67-64-22-4-10-31-73(64)82(76-34-13-7-25-70(76)79(52)67)61-43-37-55(38-44-61)58-49-59(56-39-45-62(46-40-56)83-74-32-11-5-23-65(74)68-29-17-20-53(2)80(68)71-26-8-14-35-77(71)83)51-60(50-58)57-41-47-63(48-42-57)84-75-33-12-6-24-66(75)69-30-18-21-54(3)81(69)72-27-9-15-36-78(72)84/h4-51H,1-3H3. The summed E-state index contributed by atoms with van der Waals surface area (Å²) >= 11 is 0. The molecule has 3 aliphatic rings. The molecule has 0 spiro atoms. The van der Waals surface area contributed by atoms with Crippen LogP contribution in [0.15, 0.2) is 291 Å². The molecule has 3 heteroatoms. The van der Waals surface area contributed by atoms with Crippen molar-refractivity contribution >= 4 is 51.2 Å². The average Bonchev–Trinajstić information content (AvgIpc) is 4.09. The zero-order valence-electron chi connectivity index (χ0n) is 47.1. The minimum atomic E-state index is 1.11. The van der Waals surface area contributed by atoms with Crippen LogP contribution in [0.1, 0.15) is 16.7 Å². The summed E-state index contributed by atoms with van der Waals surface area (Å²) in [6.45, 7) is 6.70. The molecule has 3 nitrogen and oxygen atoms in total. The summed E-state index contributed by atoms with van der Waals surface area (Å²) in [5.74, 6) is 0. The van der Waals surface area contributed by atoms with Gasteiger partial charge in [-0.25, -0.2) is 0 Å². The van der Waals surface area contributed by atoms with E-state index in [1.807, 2.05) is 0 Å². The van der Waals surface area contributed by atoms with Crippen LogP contribution in [0.2, 0.25) is 0 Å². The van der Waals surface area contributed by atoms with E-state index >= 15 is 0 Å². The van der Waals surface area contributed by atoms with Gasteiger partial charge in [-0.2, -0.15) is 0 Å². The maximum Gasteiger partial charge on any atom is 0.0540 e. The largest absolute Gasteiger partial charge is 0.309 e. The fourth-order valence-electron chi connectivity index (χ4n) is 13.8. The van der Waals surface area contributed by atoms with E-state index in [0.717, 1.165) is 67.5 Å². The Balaban J connectivity index is 0.824. The van der Waals surface area contributed by atoms with Crippen molar-refractivity contribution in [3.63, 3.8) is 0 Å². The summed E-state index contributed by atoms with van der Waals surface area (Å²) in [5, 5.41) is 0. The molecule has 0 aromatic heterocycles. The number of hydrogen-bond donors (Lipinski definition) is 0. The Morgan fingerprint density at radius 3 is 0.655 bits per heavy atom. The molecule has 0 fully saturated rings. The van der Waals surface area contributed by atoms with Crippen LogP contribution in [-0.2, 0) is 0 Å². The topological polar surface area (TPSA) is 9.72 Å². The molecular formula is C81H57N3. The second kappa shape index (κ2) is 19.8. The van der Waals surface area contributed by atoms with Gasteiger partial charge in [-0.05, 0) is 195 Å². The van der Waals surface area contributed by atoms with Crippen LogP contribution in [0.5, 0.6) is 0 Å². The zero-order valence-corrected chi connectivity index (χ0v) is 47.1. The highest BCUT2D eigenvalue weighted by Gasteiger charge is 2.30. The highest BCUT2D eigenvalue weighted by atomic mass is 15.2. The first-order chi connectivity index (χ1) is 41.4. The molecule has 0 saturated carbocycles. The summed E-state index contributed by atoms with van der Waals surface area (Å²) in [4.78, 5) is 7.34. The van der Waals surface area contributed by atoms with Crippen molar-refractivity contribution in [1.29, 1.82) is 0 Å². The number of para-hydroxylation sites is 6.